The van der Waals surface area contributed by atoms with Gasteiger partial charge in [0.1, 0.15) is 18.1 Å². The molecule has 0 saturated heterocycles. The number of methoxy groups -OCH3 is 1. The van der Waals surface area contributed by atoms with Crippen LogP contribution in [-0.2, 0) is 4.79 Å². The van der Waals surface area contributed by atoms with Crippen molar-refractivity contribution in [3.63, 3.8) is 0 Å². The topological polar surface area (TPSA) is 64.8 Å². The molecule has 5 nitrogen and oxygen atoms in total. The third-order valence-corrected chi connectivity index (χ3v) is 4.20. The fraction of sp³-hybridized carbons (Fsp3) is 0.588. The molecule has 1 aromatic carbocycles. The molecule has 0 bridgehead atoms. The van der Waals surface area contributed by atoms with Crippen molar-refractivity contribution in [1.29, 1.82) is 0 Å². The Bertz CT molecular complexity index is 481. The van der Waals surface area contributed by atoms with Crippen molar-refractivity contribution in [2.24, 2.45) is 11.7 Å². The number of amides is 1. The Morgan fingerprint density at radius 1 is 1.26 bits per heavy atom. The molecule has 1 amide bonds. The van der Waals surface area contributed by atoms with Gasteiger partial charge in [-0.05, 0) is 43.5 Å². The van der Waals surface area contributed by atoms with Crippen LogP contribution in [0.1, 0.15) is 25.7 Å². The standard InChI is InChI=1S/C17H26N2O3.ClH/c1-19(17(20)13-4-3-5-14(18)12-13)10-11-22-16-8-6-15(21-2)7-9-16;/h6-9,13-14H,3-5,10-12,18H2,1-2H3;1H. The number of halogens is 1. The number of carbonyl (C=O) groups excluding carboxylic acids is 1. The normalized spacial score (nSPS) is 20.3. The predicted octanol–water partition coefficient (Wildman–Crippen LogP) is 2.47. The van der Waals surface area contributed by atoms with Crippen molar-refractivity contribution in [2.45, 2.75) is 31.7 Å². The first kappa shape index (κ1) is 19.6. The maximum atomic E-state index is 12.4. The first-order valence-corrected chi connectivity index (χ1v) is 7.87. The van der Waals surface area contributed by atoms with Crippen molar-refractivity contribution >= 4 is 18.3 Å². The molecule has 1 aromatic rings. The number of hydrogen-bond acceptors (Lipinski definition) is 4. The van der Waals surface area contributed by atoms with Gasteiger partial charge in [0.2, 0.25) is 5.91 Å². The molecule has 0 heterocycles. The lowest BCUT2D eigenvalue weighted by Crippen LogP contribution is -2.40. The molecule has 23 heavy (non-hydrogen) atoms. The predicted molar refractivity (Wildman–Crippen MR) is 93.3 cm³/mol. The molecule has 1 fully saturated rings. The second-order valence-corrected chi connectivity index (χ2v) is 5.91. The number of nitrogens with zero attached hydrogens (tertiary/aromatic N) is 1. The summed E-state index contributed by atoms with van der Waals surface area (Å²) in [6.07, 6.45) is 3.85. The Morgan fingerprint density at radius 3 is 2.52 bits per heavy atom. The van der Waals surface area contributed by atoms with Gasteiger partial charge in [0, 0.05) is 19.0 Å². The Morgan fingerprint density at radius 2 is 1.91 bits per heavy atom. The van der Waals surface area contributed by atoms with Gasteiger partial charge in [0.15, 0.2) is 0 Å². The molecule has 2 N–H and O–H groups in total. The SMILES string of the molecule is COc1ccc(OCCN(C)C(=O)C2CCCC(N)C2)cc1.Cl. The average molecular weight is 343 g/mol. The highest BCUT2D eigenvalue weighted by atomic mass is 35.5. The highest BCUT2D eigenvalue weighted by Crippen LogP contribution is 2.24. The van der Waals surface area contributed by atoms with Gasteiger partial charge in [-0.25, -0.2) is 0 Å². The van der Waals surface area contributed by atoms with E-state index in [1.165, 1.54) is 0 Å². The largest absolute Gasteiger partial charge is 0.497 e. The van der Waals surface area contributed by atoms with Crippen LogP contribution in [0.5, 0.6) is 11.5 Å². The minimum Gasteiger partial charge on any atom is -0.497 e. The van der Waals surface area contributed by atoms with E-state index in [1.807, 2.05) is 31.3 Å². The number of ether oxygens (including phenoxy) is 2. The van der Waals surface area contributed by atoms with Crippen LogP contribution in [0, 0.1) is 5.92 Å². The third-order valence-electron chi connectivity index (χ3n) is 4.20. The van der Waals surface area contributed by atoms with E-state index in [9.17, 15) is 4.79 Å². The quantitative estimate of drug-likeness (QED) is 0.862. The molecule has 6 heteroatoms. The van der Waals surface area contributed by atoms with Gasteiger partial charge >= 0.3 is 0 Å². The van der Waals surface area contributed by atoms with Crippen molar-refractivity contribution in [1.82, 2.24) is 4.90 Å². The van der Waals surface area contributed by atoms with E-state index in [1.54, 1.807) is 12.0 Å². The molecule has 0 aliphatic heterocycles. The lowest BCUT2D eigenvalue weighted by molar-refractivity contribution is -0.135. The zero-order valence-electron chi connectivity index (χ0n) is 13.9. The van der Waals surface area contributed by atoms with E-state index in [0.717, 1.165) is 37.2 Å². The van der Waals surface area contributed by atoms with Crippen LogP contribution in [-0.4, -0.2) is 44.2 Å². The van der Waals surface area contributed by atoms with Crippen LogP contribution in [0.3, 0.4) is 0 Å². The molecule has 1 aliphatic rings. The second kappa shape index (κ2) is 9.63. The van der Waals surface area contributed by atoms with E-state index in [0.29, 0.717) is 13.2 Å². The molecular formula is C17H27ClN2O3. The molecule has 130 valence electrons. The van der Waals surface area contributed by atoms with Crippen LogP contribution >= 0.6 is 12.4 Å². The second-order valence-electron chi connectivity index (χ2n) is 5.91. The zero-order chi connectivity index (χ0) is 15.9. The first-order valence-electron chi connectivity index (χ1n) is 7.87. The first-order chi connectivity index (χ1) is 10.6. The summed E-state index contributed by atoms with van der Waals surface area (Å²) in [4.78, 5) is 14.1. The third kappa shape index (κ3) is 5.92. The van der Waals surface area contributed by atoms with Crippen molar-refractivity contribution in [3.8, 4) is 11.5 Å². The van der Waals surface area contributed by atoms with Gasteiger partial charge in [-0.1, -0.05) is 6.42 Å². The Labute approximate surface area is 144 Å². The molecule has 2 unspecified atom stereocenters. The minimum atomic E-state index is 0. The van der Waals surface area contributed by atoms with Crippen LogP contribution in [0.2, 0.25) is 0 Å². The van der Waals surface area contributed by atoms with E-state index in [2.05, 4.69) is 0 Å². The van der Waals surface area contributed by atoms with Gasteiger partial charge < -0.3 is 20.1 Å². The van der Waals surface area contributed by atoms with Crippen molar-refractivity contribution in [2.75, 3.05) is 27.3 Å². The Hall–Kier alpha value is -1.46. The van der Waals surface area contributed by atoms with E-state index >= 15 is 0 Å². The van der Waals surface area contributed by atoms with E-state index in [-0.39, 0.29) is 30.3 Å². The van der Waals surface area contributed by atoms with Gasteiger partial charge in [0.05, 0.1) is 13.7 Å². The van der Waals surface area contributed by atoms with Crippen LogP contribution in [0.25, 0.3) is 0 Å². The molecule has 2 atom stereocenters. The summed E-state index contributed by atoms with van der Waals surface area (Å²) >= 11 is 0. The molecule has 2 rings (SSSR count). The van der Waals surface area contributed by atoms with Gasteiger partial charge in [0.25, 0.3) is 0 Å². The smallest absolute Gasteiger partial charge is 0.225 e. The summed E-state index contributed by atoms with van der Waals surface area (Å²) in [6, 6.07) is 7.61. The van der Waals surface area contributed by atoms with Crippen LogP contribution in [0.15, 0.2) is 24.3 Å². The lowest BCUT2D eigenvalue weighted by Gasteiger charge is -2.29. The summed E-state index contributed by atoms with van der Waals surface area (Å²) in [5.74, 6) is 1.85. The summed E-state index contributed by atoms with van der Waals surface area (Å²) in [5.41, 5.74) is 5.96. The van der Waals surface area contributed by atoms with Crippen molar-refractivity contribution < 1.29 is 14.3 Å². The zero-order valence-corrected chi connectivity index (χ0v) is 14.7. The van der Waals surface area contributed by atoms with Crippen molar-refractivity contribution in [3.05, 3.63) is 24.3 Å². The maximum absolute atomic E-state index is 12.4. The molecular weight excluding hydrogens is 316 g/mol. The number of nitrogens with two attached hydrogens (primary N) is 1. The molecule has 0 aromatic heterocycles. The summed E-state index contributed by atoms with van der Waals surface area (Å²) in [7, 11) is 3.47. The highest BCUT2D eigenvalue weighted by molar-refractivity contribution is 5.85. The number of benzene rings is 1. The number of rotatable bonds is 6. The van der Waals surface area contributed by atoms with Crippen LogP contribution in [0.4, 0.5) is 0 Å². The summed E-state index contributed by atoms with van der Waals surface area (Å²) in [6.45, 7) is 1.06. The maximum Gasteiger partial charge on any atom is 0.225 e. The number of hydrogen-bond donors (Lipinski definition) is 1. The van der Waals surface area contributed by atoms with Gasteiger partial charge in [-0.3, -0.25) is 4.79 Å². The van der Waals surface area contributed by atoms with E-state index in [4.69, 9.17) is 15.2 Å². The highest BCUT2D eigenvalue weighted by Gasteiger charge is 2.27. The number of carbonyl (C=O) groups is 1. The molecule has 1 saturated carbocycles. The average Bonchev–Trinajstić information content (AvgIpc) is 2.54. The molecule has 1 aliphatic carbocycles. The van der Waals surface area contributed by atoms with Gasteiger partial charge in [-0.15, -0.1) is 12.4 Å². The lowest BCUT2D eigenvalue weighted by atomic mass is 9.85. The molecule has 0 spiro atoms. The summed E-state index contributed by atoms with van der Waals surface area (Å²) in [5, 5.41) is 0. The number of likely N-dealkylation sites (N-methyl/N-ethyl adjacent to an activating group) is 1. The van der Waals surface area contributed by atoms with E-state index < -0.39 is 0 Å². The van der Waals surface area contributed by atoms with Gasteiger partial charge in [-0.2, -0.15) is 0 Å². The Kier molecular flexibility index (Phi) is 8.20. The Balaban J connectivity index is 0.00000264. The fourth-order valence-electron chi connectivity index (χ4n) is 2.85. The molecule has 0 radical (unpaired) electrons. The van der Waals surface area contributed by atoms with Crippen LogP contribution < -0.4 is 15.2 Å². The summed E-state index contributed by atoms with van der Waals surface area (Å²) < 4.78 is 10.8. The minimum absolute atomic E-state index is 0. The monoisotopic (exact) mass is 342 g/mol. The fourth-order valence-corrected chi connectivity index (χ4v) is 2.85.